The van der Waals surface area contributed by atoms with Crippen LogP contribution in [0.2, 0.25) is 0 Å². The second-order valence-electron chi connectivity index (χ2n) is 7.32. The number of ether oxygens (including phenoxy) is 1. The Morgan fingerprint density at radius 3 is 2.58 bits per heavy atom. The molecule has 33 heavy (non-hydrogen) atoms. The average Bonchev–Trinajstić information content (AvgIpc) is 3.28. The quantitative estimate of drug-likeness (QED) is 0.553. The summed E-state index contributed by atoms with van der Waals surface area (Å²) >= 11 is 1.29. The van der Waals surface area contributed by atoms with E-state index in [-0.39, 0.29) is 17.6 Å². The van der Waals surface area contributed by atoms with Crippen LogP contribution in [-0.2, 0) is 10.9 Å². The van der Waals surface area contributed by atoms with Gasteiger partial charge < -0.3 is 20.3 Å². The van der Waals surface area contributed by atoms with E-state index in [0.717, 1.165) is 17.0 Å². The molecule has 1 amide bonds. The first-order valence-electron chi connectivity index (χ1n) is 10.2. The van der Waals surface area contributed by atoms with E-state index >= 15 is 0 Å². The van der Waals surface area contributed by atoms with Gasteiger partial charge in [0.05, 0.1) is 24.8 Å². The number of hydrogen-bond acceptors (Lipinski definition) is 8. The number of thiazole rings is 1. The van der Waals surface area contributed by atoms with Gasteiger partial charge in [0.25, 0.3) is 5.91 Å². The number of amides is 1. The van der Waals surface area contributed by atoms with Crippen molar-refractivity contribution in [3.8, 4) is 0 Å². The van der Waals surface area contributed by atoms with Crippen molar-refractivity contribution in [1.29, 1.82) is 0 Å². The van der Waals surface area contributed by atoms with E-state index in [4.69, 9.17) is 4.74 Å². The van der Waals surface area contributed by atoms with Crippen molar-refractivity contribution < 1.29 is 22.7 Å². The molecule has 8 nitrogen and oxygen atoms in total. The van der Waals surface area contributed by atoms with Crippen LogP contribution in [0, 0.1) is 0 Å². The van der Waals surface area contributed by atoms with Crippen molar-refractivity contribution in [1.82, 2.24) is 20.3 Å². The number of carbonyl (C=O) groups is 1. The first-order valence-corrected chi connectivity index (χ1v) is 11.0. The molecular weight excluding hydrogens is 457 g/mol. The van der Waals surface area contributed by atoms with Crippen molar-refractivity contribution in [3.63, 3.8) is 0 Å². The van der Waals surface area contributed by atoms with Crippen LogP contribution < -0.4 is 15.5 Å². The van der Waals surface area contributed by atoms with Crippen LogP contribution in [0.5, 0.6) is 0 Å². The minimum atomic E-state index is -4.38. The summed E-state index contributed by atoms with van der Waals surface area (Å²) in [5.41, 5.74) is 0.0221. The van der Waals surface area contributed by atoms with Gasteiger partial charge in [-0.1, -0.05) is 11.3 Å². The third-order valence-electron chi connectivity index (χ3n) is 4.98. The molecule has 0 radical (unpaired) electrons. The van der Waals surface area contributed by atoms with E-state index < -0.39 is 11.7 Å². The highest BCUT2D eigenvalue weighted by atomic mass is 32.1. The zero-order chi connectivity index (χ0) is 23.4. The fraction of sp³-hybridized carbons (Fsp3) is 0.333. The molecule has 1 fully saturated rings. The highest BCUT2D eigenvalue weighted by molar-refractivity contribution is 7.15. The fourth-order valence-electron chi connectivity index (χ4n) is 3.19. The van der Waals surface area contributed by atoms with Gasteiger partial charge >= 0.3 is 6.18 Å². The Balaban J connectivity index is 1.37. The van der Waals surface area contributed by atoms with Gasteiger partial charge in [0, 0.05) is 35.9 Å². The predicted octanol–water partition coefficient (Wildman–Crippen LogP) is 4.02. The topological polar surface area (TPSA) is 92.3 Å². The largest absolute Gasteiger partial charge is 0.416 e. The van der Waals surface area contributed by atoms with Gasteiger partial charge in [0.15, 0.2) is 5.13 Å². The molecule has 1 atom stereocenters. The summed E-state index contributed by atoms with van der Waals surface area (Å²) in [6.45, 7) is 4.43. The zero-order valence-electron chi connectivity index (χ0n) is 17.6. The smallest absolute Gasteiger partial charge is 0.378 e. The zero-order valence-corrected chi connectivity index (χ0v) is 18.4. The molecule has 12 heteroatoms. The van der Waals surface area contributed by atoms with E-state index in [9.17, 15) is 18.0 Å². The molecule has 1 aliphatic rings. The van der Waals surface area contributed by atoms with Crippen molar-refractivity contribution in [2.24, 2.45) is 0 Å². The molecule has 0 bridgehead atoms. The van der Waals surface area contributed by atoms with E-state index in [0.29, 0.717) is 42.9 Å². The van der Waals surface area contributed by atoms with Gasteiger partial charge in [0.1, 0.15) is 17.8 Å². The number of aromatic nitrogens is 3. The lowest BCUT2D eigenvalue weighted by molar-refractivity contribution is -0.137. The van der Waals surface area contributed by atoms with Gasteiger partial charge in [-0.25, -0.2) is 15.0 Å². The molecule has 174 valence electrons. The standard InChI is InChI=1S/C21H21F3N6O2S/c1-13(28-19(31)16-10-18(27-12-26-16)30-6-8-32-9-7-30)17-11-25-20(33-17)29-15-4-2-14(3-5-15)21(22,23)24/h2-5,10-13H,6-9H2,1H3,(H,25,29)(H,28,31). The monoisotopic (exact) mass is 478 g/mol. The van der Waals surface area contributed by atoms with Gasteiger partial charge in [-0.15, -0.1) is 0 Å². The van der Waals surface area contributed by atoms with Crippen molar-refractivity contribution in [3.05, 3.63) is 59.0 Å². The molecule has 0 spiro atoms. The Morgan fingerprint density at radius 1 is 1.15 bits per heavy atom. The number of alkyl halides is 3. The van der Waals surface area contributed by atoms with Crippen molar-refractivity contribution >= 4 is 33.9 Å². The average molecular weight is 478 g/mol. The lowest BCUT2D eigenvalue weighted by Gasteiger charge is -2.27. The summed E-state index contributed by atoms with van der Waals surface area (Å²) in [5, 5.41) is 6.37. The number of nitrogens with zero attached hydrogens (tertiary/aromatic N) is 4. The molecule has 1 unspecified atom stereocenters. The molecule has 4 rings (SSSR count). The molecule has 1 aliphatic heterocycles. The molecule has 0 aliphatic carbocycles. The third kappa shape index (κ3) is 5.76. The molecule has 3 heterocycles. The van der Waals surface area contributed by atoms with Gasteiger partial charge in [-0.2, -0.15) is 13.2 Å². The number of anilines is 3. The first-order chi connectivity index (χ1) is 15.8. The summed E-state index contributed by atoms with van der Waals surface area (Å²) in [6, 6.07) is 6.00. The lowest BCUT2D eigenvalue weighted by atomic mass is 10.2. The molecule has 1 aromatic carbocycles. The minimum Gasteiger partial charge on any atom is -0.378 e. The van der Waals surface area contributed by atoms with Gasteiger partial charge in [-0.3, -0.25) is 4.79 Å². The molecule has 2 aromatic heterocycles. The normalized spacial score (nSPS) is 15.2. The van der Waals surface area contributed by atoms with Gasteiger partial charge in [-0.05, 0) is 31.2 Å². The maximum absolute atomic E-state index is 12.7. The Hall–Kier alpha value is -3.25. The second-order valence-corrected chi connectivity index (χ2v) is 8.39. The summed E-state index contributed by atoms with van der Waals surface area (Å²) in [5.74, 6) is 0.331. The van der Waals surface area contributed by atoms with Crippen LogP contribution in [0.3, 0.4) is 0 Å². The summed E-state index contributed by atoms with van der Waals surface area (Å²) in [6.07, 6.45) is -1.41. The molecule has 1 saturated heterocycles. The Morgan fingerprint density at radius 2 is 1.88 bits per heavy atom. The number of benzene rings is 1. The van der Waals surface area contributed by atoms with E-state index in [2.05, 4.69) is 25.6 Å². The van der Waals surface area contributed by atoms with Crippen LogP contribution in [0.1, 0.15) is 33.9 Å². The van der Waals surface area contributed by atoms with E-state index in [1.165, 1.54) is 29.8 Å². The van der Waals surface area contributed by atoms with Crippen LogP contribution in [-0.4, -0.2) is 47.2 Å². The number of carbonyl (C=O) groups excluding carboxylic acids is 1. The SMILES string of the molecule is CC(NC(=O)c1cc(N2CCOCC2)ncn1)c1cnc(Nc2ccc(C(F)(F)F)cc2)s1. The Bertz CT molecular complexity index is 1100. The molecule has 3 aromatic rings. The van der Waals surface area contributed by atoms with Crippen molar-refractivity contribution in [2.75, 3.05) is 36.5 Å². The van der Waals surface area contributed by atoms with Crippen LogP contribution in [0.15, 0.2) is 42.9 Å². The predicted molar refractivity (Wildman–Crippen MR) is 118 cm³/mol. The van der Waals surface area contributed by atoms with Crippen molar-refractivity contribution in [2.45, 2.75) is 19.1 Å². The van der Waals surface area contributed by atoms with Crippen LogP contribution >= 0.6 is 11.3 Å². The maximum atomic E-state index is 12.7. The molecular formula is C21H21F3N6O2S. The van der Waals surface area contributed by atoms with Crippen LogP contribution in [0.25, 0.3) is 0 Å². The Kier molecular flexibility index (Phi) is 6.75. The fourth-order valence-corrected chi connectivity index (χ4v) is 4.03. The maximum Gasteiger partial charge on any atom is 0.416 e. The summed E-state index contributed by atoms with van der Waals surface area (Å²) in [4.78, 5) is 28.1. The highest BCUT2D eigenvalue weighted by Crippen LogP contribution is 2.31. The van der Waals surface area contributed by atoms with Gasteiger partial charge in [0.2, 0.25) is 0 Å². The Labute approximate surface area is 191 Å². The second kappa shape index (κ2) is 9.71. The minimum absolute atomic E-state index is 0.256. The van der Waals surface area contributed by atoms with Crippen LogP contribution in [0.4, 0.5) is 29.8 Å². The molecule has 0 saturated carbocycles. The first kappa shape index (κ1) is 22.9. The number of hydrogen-bond donors (Lipinski definition) is 2. The number of rotatable bonds is 6. The summed E-state index contributed by atoms with van der Waals surface area (Å²) < 4.78 is 43.4. The third-order valence-corrected chi connectivity index (χ3v) is 6.08. The number of nitrogens with one attached hydrogen (secondary N) is 2. The van der Waals surface area contributed by atoms with E-state index in [1.54, 1.807) is 12.3 Å². The lowest BCUT2D eigenvalue weighted by Crippen LogP contribution is -2.37. The summed E-state index contributed by atoms with van der Waals surface area (Å²) in [7, 11) is 0. The number of morpholine rings is 1. The van der Waals surface area contributed by atoms with E-state index in [1.807, 2.05) is 11.8 Å². The molecule has 2 N–H and O–H groups in total. The number of halogens is 3. The highest BCUT2D eigenvalue weighted by Gasteiger charge is 2.30.